The van der Waals surface area contributed by atoms with Gasteiger partial charge in [0.05, 0.1) is 6.04 Å². The monoisotopic (exact) mass is 334 g/mol. The van der Waals surface area contributed by atoms with E-state index in [9.17, 15) is 9.59 Å². The molecule has 1 aliphatic rings. The molecule has 0 aromatic heterocycles. The van der Waals surface area contributed by atoms with Gasteiger partial charge >= 0.3 is 12.2 Å². The Morgan fingerprint density at radius 2 is 1.88 bits per heavy atom. The fourth-order valence-electron chi connectivity index (χ4n) is 2.55. The van der Waals surface area contributed by atoms with Crippen molar-refractivity contribution < 1.29 is 19.1 Å². The van der Waals surface area contributed by atoms with Gasteiger partial charge in [-0.15, -0.1) is 0 Å². The summed E-state index contributed by atoms with van der Waals surface area (Å²) in [5.41, 5.74) is 0.406. The number of alkyl carbamates (subject to hydrolysis) is 1. The first-order valence-corrected chi connectivity index (χ1v) is 8.20. The van der Waals surface area contributed by atoms with Crippen molar-refractivity contribution in [1.82, 2.24) is 10.2 Å². The number of hydrogen-bond acceptors (Lipinski definition) is 4. The summed E-state index contributed by atoms with van der Waals surface area (Å²) in [6.07, 6.45) is -0.821. The van der Waals surface area contributed by atoms with E-state index in [-0.39, 0.29) is 24.7 Å². The number of carbonyl (C=O) groups is 2. The highest BCUT2D eigenvalue weighted by atomic mass is 16.6. The number of amides is 2. The lowest BCUT2D eigenvalue weighted by molar-refractivity contribution is 0.0285. The molecule has 24 heavy (non-hydrogen) atoms. The molecule has 132 valence electrons. The third-order valence-corrected chi connectivity index (χ3v) is 3.78. The molecule has 0 aliphatic carbocycles. The van der Waals surface area contributed by atoms with E-state index in [1.807, 2.05) is 58.0 Å². The lowest BCUT2D eigenvalue weighted by atomic mass is 10.1. The number of carbonyl (C=O) groups excluding carboxylic acids is 2. The summed E-state index contributed by atoms with van der Waals surface area (Å²) >= 11 is 0. The highest BCUT2D eigenvalue weighted by Crippen LogP contribution is 2.19. The first-order valence-electron chi connectivity index (χ1n) is 8.20. The number of nitrogens with one attached hydrogen (secondary N) is 1. The second-order valence-electron chi connectivity index (χ2n) is 7.18. The predicted molar refractivity (Wildman–Crippen MR) is 90.5 cm³/mol. The normalized spacial score (nSPS) is 20.6. The predicted octanol–water partition coefficient (Wildman–Crippen LogP) is 3.17. The summed E-state index contributed by atoms with van der Waals surface area (Å²) in [6, 6.07) is 9.36. The fourth-order valence-corrected chi connectivity index (χ4v) is 2.55. The van der Waals surface area contributed by atoms with Crippen LogP contribution in [-0.2, 0) is 16.1 Å². The third kappa shape index (κ3) is 5.44. The van der Waals surface area contributed by atoms with Gasteiger partial charge in [0.15, 0.2) is 0 Å². The Balaban J connectivity index is 1.80. The van der Waals surface area contributed by atoms with Crippen LogP contribution in [-0.4, -0.2) is 41.8 Å². The minimum absolute atomic E-state index is 0.138. The van der Waals surface area contributed by atoms with Crippen molar-refractivity contribution in [2.45, 2.75) is 45.9 Å². The molecule has 1 aromatic rings. The first kappa shape index (κ1) is 18.1. The highest BCUT2D eigenvalue weighted by Gasteiger charge is 2.35. The zero-order chi connectivity index (χ0) is 17.7. The van der Waals surface area contributed by atoms with Gasteiger partial charge in [-0.05, 0) is 32.3 Å². The number of ether oxygens (including phenoxy) is 2. The maximum Gasteiger partial charge on any atom is 0.410 e. The molecule has 0 spiro atoms. The molecule has 0 saturated carbocycles. The Morgan fingerprint density at radius 1 is 1.21 bits per heavy atom. The van der Waals surface area contributed by atoms with Crippen LogP contribution in [0.2, 0.25) is 0 Å². The highest BCUT2D eigenvalue weighted by molar-refractivity contribution is 5.70. The smallest absolute Gasteiger partial charge is 0.410 e. The van der Waals surface area contributed by atoms with Crippen molar-refractivity contribution in [2.75, 3.05) is 13.1 Å². The molecule has 6 nitrogen and oxygen atoms in total. The topological polar surface area (TPSA) is 67.9 Å². The summed E-state index contributed by atoms with van der Waals surface area (Å²) in [5.74, 6) is 0.141. The number of hydrogen-bond donors (Lipinski definition) is 1. The molecule has 1 N–H and O–H groups in total. The molecule has 6 heteroatoms. The van der Waals surface area contributed by atoms with Crippen LogP contribution in [0, 0.1) is 5.92 Å². The van der Waals surface area contributed by atoms with Crippen LogP contribution in [0.3, 0.4) is 0 Å². The van der Waals surface area contributed by atoms with E-state index >= 15 is 0 Å². The van der Waals surface area contributed by atoms with Gasteiger partial charge in [-0.1, -0.05) is 37.3 Å². The van der Waals surface area contributed by atoms with Gasteiger partial charge in [0.2, 0.25) is 0 Å². The molecule has 1 aliphatic heterocycles. The summed E-state index contributed by atoms with van der Waals surface area (Å²) in [5, 5.41) is 2.84. The van der Waals surface area contributed by atoms with Gasteiger partial charge in [0, 0.05) is 13.1 Å². The Bertz CT molecular complexity index is 568. The lowest BCUT2D eigenvalue weighted by Gasteiger charge is -2.24. The molecule has 1 heterocycles. The van der Waals surface area contributed by atoms with Crippen LogP contribution in [0.4, 0.5) is 9.59 Å². The third-order valence-electron chi connectivity index (χ3n) is 3.78. The zero-order valence-electron chi connectivity index (χ0n) is 14.7. The van der Waals surface area contributed by atoms with Crippen LogP contribution in [0.1, 0.15) is 33.3 Å². The molecule has 0 bridgehead atoms. The van der Waals surface area contributed by atoms with Crippen molar-refractivity contribution >= 4 is 12.2 Å². The van der Waals surface area contributed by atoms with Gasteiger partial charge in [-0.2, -0.15) is 0 Å². The van der Waals surface area contributed by atoms with E-state index in [0.717, 1.165) is 5.56 Å². The molecule has 2 rings (SSSR count). The van der Waals surface area contributed by atoms with Gasteiger partial charge in [-0.3, -0.25) is 0 Å². The van der Waals surface area contributed by atoms with Crippen molar-refractivity contribution in [3.8, 4) is 0 Å². The number of likely N-dealkylation sites (tertiary alicyclic amines) is 1. The number of nitrogens with zero attached hydrogens (tertiary/aromatic N) is 1. The van der Waals surface area contributed by atoms with Crippen LogP contribution in [0.25, 0.3) is 0 Å². The van der Waals surface area contributed by atoms with Crippen LogP contribution in [0.5, 0.6) is 0 Å². The quantitative estimate of drug-likeness (QED) is 0.922. The van der Waals surface area contributed by atoms with Gasteiger partial charge in [-0.25, -0.2) is 9.59 Å². The van der Waals surface area contributed by atoms with Crippen LogP contribution < -0.4 is 5.32 Å². The van der Waals surface area contributed by atoms with Gasteiger partial charge in [0.25, 0.3) is 0 Å². The summed E-state index contributed by atoms with van der Waals surface area (Å²) in [7, 11) is 0. The molecule has 2 unspecified atom stereocenters. The van der Waals surface area contributed by atoms with E-state index in [1.54, 1.807) is 4.90 Å². The standard InChI is InChI=1S/C18H26N2O4/c1-13-10-20(17(22)24-18(2,3)4)11-15(13)19-16(21)23-12-14-8-6-5-7-9-14/h5-9,13,15H,10-12H2,1-4H3,(H,19,21). The molecule has 1 fully saturated rings. The largest absolute Gasteiger partial charge is 0.445 e. The second-order valence-corrected chi connectivity index (χ2v) is 7.18. The van der Waals surface area contributed by atoms with Crippen LogP contribution in [0.15, 0.2) is 30.3 Å². The Hall–Kier alpha value is -2.24. The first-order chi connectivity index (χ1) is 11.2. The minimum Gasteiger partial charge on any atom is -0.445 e. The Kier molecular flexibility index (Phi) is 5.70. The van der Waals surface area contributed by atoms with Crippen LogP contribution >= 0.6 is 0 Å². The minimum atomic E-state index is -0.527. The average Bonchev–Trinajstić information content (AvgIpc) is 2.86. The molecule has 2 amide bonds. The van der Waals surface area contributed by atoms with Crippen molar-refractivity contribution in [2.24, 2.45) is 5.92 Å². The SMILES string of the molecule is CC1CN(C(=O)OC(C)(C)C)CC1NC(=O)OCc1ccccc1. The van der Waals surface area contributed by atoms with Crippen molar-refractivity contribution in [3.63, 3.8) is 0 Å². The van der Waals surface area contributed by atoms with Gasteiger partial charge < -0.3 is 19.7 Å². The number of rotatable bonds is 3. The fraction of sp³-hybridized carbons (Fsp3) is 0.556. The zero-order valence-corrected chi connectivity index (χ0v) is 14.7. The lowest BCUT2D eigenvalue weighted by Crippen LogP contribution is -2.41. The molecular weight excluding hydrogens is 308 g/mol. The van der Waals surface area contributed by atoms with E-state index in [4.69, 9.17) is 9.47 Å². The van der Waals surface area contributed by atoms with Gasteiger partial charge in [0.1, 0.15) is 12.2 Å². The van der Waals surface area contributed by atoms with Crippen molar-refractivity contribution in [3.05, 3.63) is 35.9 Å². The molecule has 1 saturated heterocycles. The Labute approximate surface area is 143 Å². The summed E-state index contributed by atoms with van der Waals surface area (Å²) in [4.78, 5) is 25.7. The molecule has 1 aromatic carbocycles. The molecule has 2 atom stereocenters. The van der Waals surface area contributed by atoms with E-state index in [1.165, 1.54) is 0 Å². The van der Waals surface area contributed by atoms with E-state index < -0.39 is 11.7 Å². The summed E-state index contributed by atoms with van der Waals surface area (Å²) < 4.78 is 10.6. The second kappa shape index (κ2) is 7.55. The Morgan fingerprint density at radius 3 is 2.50 bits per heavy atom. The van der Waals surface area contributed by atoms with Crippen molar-refractivity contribution in [1.29, 1.82) is 0 Å². The molecule has 0 radical (unpaired) electrons. The van der Waals surface area contributed by atoms with E-state index in [2.05, 4.69) is 5.32 Å². The average molecular weight is 334 g/mol. The molecular formula is C18H26N2O4. The summed E-state index contributed by atoms with van der Waals surface area (Å²) in [6.45, 7) is 8.70. The number of benzene rings is 1. The maximum absolute atomic E-state index is 12.1. The maximum atomic E-state index is 12.1. The van der Waals surface area contributed by atoms with E-state index in [0.29, 0.717) is 13.1 Å².